The minimum absolute atomic E-state index is 0.212. The van der Waals surface area contributed by atoms with E-state index < -0.39 is 9.84 Å². The van der Waals surface area contributed by atoms with E-state index in [-0.39, 0.29) is 10.1 Å². The van der Waals surface area contributed by atoms with Gasteiger partial charge >= 0.3 is 0 Å². The molecule has 1 aliphatic rings. The van der Waals surface area contributed by atoms with E-state index in [9.17, 15) is 8.42 Å². The highest BCUT2D eigenvalue weighted by Gasteiger charge is 2.36. The molecule has 0 N–H and O–H groups in total. The summed E-state index contributed by atoms with van der Waals surface area (Å²) in [6, 6.07) is 8.13. The van der Waals surface area contributed by atoms with E-state index >= 15 is 0 Å². The minimum Gasteiger partial charge on any atom is -0.223 e. The monoisotopic (exact) mass is 207 g/mol. The summed E-state index contributed by atoms with van der Waals surface area (Å²) < 4.78 is 23.5. The van der Waals surface area contributed by atoms with Crippen LogP contribution in [-0.2, 0) is 9.84 Å². The zero-order valence-corrected chi connectivity index (χ0v) is 8.29. The van der Waals surface area contributed by atoms with E-state index in [4.69, 9.17) is 5.26 Å². The summed E-state index contributed by atoms with van der Waals surface area (Å²) >= 11 is 0. The van der Waals surface area contributed by atoms with Gasteiger partial charge in [-0.2, -0.15) is 5.26 Å². The van der Waals surface area contributed by atoms with Gasteiger partial charge in [0.25, 0.3) is 0 Å². The molecule has 0 bridgehead atoms. The molecule has 1 aliphatic carbocycles. The molecule has 4 heteroatoms. The molecule has 1 aromatic carbocycles. The fraction of sp³-hybridized carbons (Fsp3) is 0.300. The summed E-state index contributed by atoms with van der Waals surface area (Å²) in [4.78, 5) is 0.277. The van der Waals surface area contributed by atoms with Crippen LogP contribution >= 0.6 is 0 Å². The van der Waals surface area contributed by atoms with Crippen LogP contribution in [0.3, 0.4) is 0 Å². The largest absolute Gasteiger partial charge is 0.223 e. The lowest BCUT2D eigenvalue weighted by molar-refractivity contribution is 0.595. The molecule has 0 unspecified atom stereocenters. The van der Waals surface area contributed by atoms with Crippen molar-refractivity contribution in [2.45, 2.75) is 23.0 Å². The Bertz CT molecular complexity index is 495. The minimum atomic E-state index is -3.15. The molecule has 0 amide bonds. The summed E-state index contributed by atoms with van der Waals surface area (Å²) in [7, 11) is -3.15. The number of benzene rings is 1. The van der Waals surface area contributed by atoms with Gasteiger partial charge in [-0.25, -0.2) is 8.42 Å². The van der Waals surface area contributed by atoms with E-state index in [1.54, 1.807) is 18.2 Å². The van der Waals surface area contributed by atoms with Crippen LogP contribution in [0, 0.1) is 11.3 Å². The van der Waals surface area contributed by atoms with Gasteiger partial charge in [-0.05, 0) is 31.0 Å². The first-order chi connectivity index (χ1) is 6.64. The van der Waals surface area contributed by atoms with E-state index in [1.165, 1.54) is 6.07 Å². The average Bonchev–Trinajstić information content (AvgIpc) is 3.01. The van der Waals surface area contributed by atoms with Crippen LogP contribution in [0.2, 0.25) is 0 Å². The maximum atomic E-state index is 11.8. The highest BCUT2D eigenvalue weighted by atomic mass is 32.2. The van der Waals surface area contributed by atoms with Gasteiger partial charge in [0.15, 0.2) is 9.84 Å². The van der Waals surface area contributed by atoms with Gasteiger partial charge in [-0.1, -0.05) is 6.07 Å². The fourth-order valence-electron chi connectivity index (χ4n) is 1.31. The third kappa shape index (κ3) is 1.51. The predicted molar refractivity (Wildman–Crippen MR) is 51.4 cm³/mol. The number of sulfone groups is 1. The van der Waals surface area contributed by atoms with Crippen molar-refractivity contribution in [1.82, 2.24) is 0 Å². The lowest BCUT2D eigenvalue weighted by Crippen LogP contribution is -2.06. The first-order valence-corrected chi connectivity index (χ1v) is 5.93. The normalized spacial score (nSPS) is 16.2. The Kier molecular flexibility index (Phi) is 2.05. The molecule has 0 saturated heterocycles. The van der Waals surface area contributed by atoms with Crippen molar-refractivity contribution in [1.29, 1.82) is 5.26 Å². The zero-order valence-electron chi connectivity index (χ0n) is 7.47. The van der Waals surface area contributed by atoms with Crippen LogP contribution in [0.15, 0.2) is 29.2 Å². The standard InChI is InChI=1S/C10H9NO2S/c11-7-8-2-1-3-10(6-8)14(12,13)9-4-5-9/h1-3,6,9H,4-5H2. The van der Waals surface area contributed by atoms with Crippen LogP contribution < -0.4 is 0 Å². The Morgan fingerprint density at radius 3 is 2.64 bits per heavy atom. The van der Waals surface area contributed by atoms with Crippen molar-refractivity contribution < 1.29 is 8.42 Å². The molecule has 1 saturated carbocycles. The van der Waals surface area contributed by atoms with Crippen LogP contribution in [0.25, 0.3) is 0 Å². The number of nitrogens with zero attached hydrogens (tertiary/aromatic N) is 1. The predicted octanol–water partition coefficient (Wildman–Crippen LogP) is 1.49. The average molecular weight is 207 g/mol. The topological polar surface area (TPSA) is 57.9 Å². The summed E-state index contributed by atoms with van der Waals surface area (Å²) in [5.41, 5.74) is 0.395. The molecule has 0 spiro atoms. The third-order valence-electron chi connectivity index (χ3n) is 2.25. The molecule has 14 heavy (non-hydrogen) atoms. The first kappa shape index (κ1) is 9.22. The quantitative estimate of drug-likeness (QED) is 0.738. The van der Waals surface area contributed by atoms with Gasteiger partial charge in [0.1, 0.15) is 0 Å². The number of nitriles is 1. The number of hydrogen-bond acceptors (Lipinski definition) is 3. The Labute approximate surface area is 82.9 Å². The molecule has 0 radical (unpaired) electrons. The molecule has 1 aromatic rings. The second-order valence-corrected chi connectivity index (χ2v) is 5.61. The Hall–Kier alpha value is -1.34. The van der Waals surface area contributed by atoms with E-state index in [0.29, 0.717) is 5.56 Å². The van der Waals surface area contributed by atoms with Gasteiger partial charge in [0.2, 0.25) is 0 Å². The molecule has 2 rings (SSSR count). The lowest BCUT2D eigenvalue weighted by Gasteiger charge is -2.01. The highest BCUT2D eigenvalue weighted by Crippen LogP contribution is 2.33. The summed E-state index contributed by atoms with van der Waals surface area (Å²) in [5, 5.41) is 8.43. The smallest absolute Gasteiger partial charge is 0.181 e. The molecular formula is C10H9NO2S. The van der Waals surface area contributed by atoms with Crippen LogP contribution in [0.5, 0.6) is 0 Å². The Morgan fingerprint density at radius 2 is 2.07 bits per heavy atom. The van der Waals surface area contributed by atoms with E-state index in [0.717, 1.165) is 12.8 Å². The van der Waals surface area contributed by atoms with Crippen molar-refractivity contribution in [3.8, 4) is 6.07 Å². The summed E-state index contributed by atoms with van der Waals surface area (Å²) in [5.74, 6) is 0. The van der Waals surface area contributed by atoms with E-state index in [2.05, 4.69) is 0 Å². The summed E-state index contributed by atoms with van der Waals surface area (Å²) in [6.45, 7) is 0. The molecule has 0 aliphatic heterocycles. The fourth-order valence-corrected chi connectivity index (χ4v) is 3.01. The second kappa shape index (κ2) is 3.10. The zero-order chi connectivity index (χ0) is 10.2. The van der Waals surface area contributed by atoms with E-state index in [1.807, 2.05) is 6.07 Å². The molecule has 0 atom stereocenters. The van der Waals surface area contributed by atoms with Gasteiger partial charge < -0.3 is 0 Å². The molecule has 3 nitrogen and oxygen atoms in total. The van der Waals surface area contributed by atoms with Crippen molar-refractivity contribution in [3.63, 3.8) is 0 Å². The Morgan fingerprint density at radius 1 is 1.36 bits per heavy atom. The van der Waals surface area contributed by atoms with Crippen molar-refractivity contribution in [2.75, 3.05) is 0 Å². The van der Waals surface area contributed by atoms with Crippen LogP contribution in [-0.4, -0.2) is 13.7 Å². The SMILES string of the molecule is N#Cc1cccc(S(=O)(=O)C2CC2)c1. The van der Waals surface area contributed by atoms with Crippen molar-refractivity contribution in [3.05, 3.63) is 29.8 Å². The number of hydrogen-bond donors (Lipinski definition) is 0. The molecule has 0 heterocycles. The lowest BCUT2D eigenvalue weighted by atomic mass is 10.2. The second-order valence-electron chi connectivity index (χ2n) is 3.38. The Balaban J connectivity index is 2.47. The molecule has 1 fully saturated rings. The van der Waals surface area contributed by atoms with Gasteiger partial charge in [-0.3, -0.25) is 0 Å². The summed E-state index contributed by atoms with van der Waals surface area (Å²) in [6.07, 6.45) is 1.50. The first-order valence-electron chi connectivity index (χ1n) is 4.38. The van der Waals surface area contributed by atoms with Crippen LogP contribution in [0.4, 0.5) is 0 Å². The maximum Gasteiger partial charge on any atom is 0.181 e. The molecular weight excluding hydrogens is 198 g/mol. The van der Waals surface area contributed by atoms with Crippen LogP contribution in [0.1, 0.15) is 18.4 Å². The molecule has 72 valence electrons. The third-order valence-corrected chi connectivity index (χ3v) is 4.51. The van der Waals surface area contributed by atoms with Crippen molar-refractivity contribution in [2.24, 2.45) is 0 Å². The maximum absolute atomic E-state index is 11.8. The highest BCUT2D eigenvalue weighted by molar-refractivity contribution is 7.92. The van der Waals surface area contributed by atoms with Gasteiger partial charge in [0, 0.05) is 0 Å². The van der Waals surface area contributed by atoms with Crippen molar-refractivity contribution >= 4 is 9.84 Å². The molecule has 0 aromatic heterocycles. The number of rotatable bonds is 2. The van der Waals surface area contributed by atoms with Gasteiger partial charge in [0.05, 0.1) is 21.8 Å². The van der Waals surface area contributed by atoms with Gasteiger partial charge in [-0.15, -0.1) is 0 Å².